The molecule has 2 heterocycles. The fourth-order valence-corrected chi connectivity index (χ4v) is 6.88. The number of hydrogen-bond donors (Lipinski definition) is 7. The highest BCUT2D eigenvalue weighted by atomic mass is 32.2. The average Bonchev–Trinajstić information content (AvgIpc) is 3.46. The SMILES string of the molecule is CC(O)C1C(=O)N2C(C(=O)O)=C(SCCN=CN)CC12.CC1(C)CC1C(=O)NC(=CCCCCSCC(N)C(=O)O)C(=O)O. The van der Waals surface area contributed by atoms with Crippen molar-refractivity contribution in [3.63, 3.8) is 0 Å². The first-order valence-corrected chi connectivity index (χ1v) is 16.4. The van der Waals surface area contributed by atoms with Gasteiger partial charge in [0.15, 0.2) is 0 Å². The van der Waals surface area contributed by atoms with Crippen LogP contribution in [-0.2, 0) is 24.0 Å². The number of nitrogens with one attached hydrogen (secondary N) is 1. The molecule has 3 rings (SSSR count). The molecule has 5 atom stereocenters. The predicted octanol–water partition coefficient (Wildman–Crippen LogP) is 1.05. The van der Waals surface area contributed by atoms with Gasteiger partial charge >= 0.3 is 17.9 Å². The minimum atomic E-state index is -1.14. The number of carboxylic acid groups (broad SMARTS) is 3. The van der Waals surface area contributed by atoms with E-state index in [-0.39, 0.29) is 40.6 Å². The second-order valence-electron chi connectivity index (χ2n) is 11.4. The van der Waals surface area contributed by atoms with Gasteiger partial charge in [-0.25, -0.2) is 9.59 Å². The maximum Gasteiger partial charge on any atom is 0.353 e. The number of nitrogens with zero attached hydrogens (tertiary/aromatic N) is 2. The third-order valence-electron chi connectivity index (χ3n) is 7.52. The van der Waals surface area contributed by atoms with Gasteiger partial charge in [-0.2, -0.15) is 11.8 Å². The second-order valence-corrected chi connectivity index (χ2v) is 13.7. The first-order chi connectivity index (χ1) is 20.6. The van der Waals surface area contributed by atoms with Crippen molar-refractivity contribution in [2.24, 2.45) is 33.7 Å². The Kier molecular flexibility index (Phi) is 14.2. The van der Waals surface area contributed by atoms with Gasteiger partial charge < -0.3 is 42.1 Å². The molecule has 0 radical (unpaired) electrons. The highest BCUT2D eigenvalue weighted by molar-refractivity contribution is 8.03. The summed E-state index contributed by atoms with van der Waals surface area (Å²) in [5.41, 5.74) is 10.5. The molecule has 0 aromatic rings. The molecule has 16 heteroatoms. The summed E-state index contributed by atoms with van der Waals surface area (Å²) in [6.07, 6.45) is 5.37. The standard InChI is InChI=1S/C16H26N2O5S.C12H17N3O4S/c1-16(2)8-10(16)13(19)18-12(15(22)23)6-4-3-5-7-24-9-11(17)14(20)21;1-6(16)9-7-4-8(20-3-2-14-5-13)10(12(18)19)15(7)11(9)17/h6,10-11H,3-5,7-9,17H2,1-2H3,(H,18,19)(H,20,21)(H,22,23);5-7,9,16H,2-4H2,1H3,(H2,13,14)(H,18,19). The molecule has 14 nitrogen and oxygen atoms in total. The molecule has 2 fully saturated rings. The van der Waals surface area contributed by atoms with E-state index in [2.05, 4.69) is 10.3 Å². The van der Waals surface area contributed by atoms with Crippen molar-refractivity contribution in [1.29, 1.82) is 0 Å². The first-order valence-electron chi connectivity index (χ1n) is 14.2. The molecule has 1 aliphatic carbocycles. The number of allylic oxidation sites excluding steroid dienone is 1. The van der Waals surface area contributed by atoms with Crippen LogP contribution < -0.4 is 16.8 Å². The van der Waals surface area contributed by atoms with Gasteiger partial charge in [-0.05, 0) is 43.8 Å². The van der Waals surface area contributed by atoms with Gasteiger partial charge in [0.05, 0.1) is 30.9 Å². The summed E-state index contributed by atoms with van der Waals surface area (Å²) in [6, 6.07) is -1.08. The number of nitrogens with two attached hydrogens (primary N) is 2. The van der Waals surface area contributed by atoms with Crippen molar-refractivity contribution in [3.05, 3.63) is 22.4 Å². The molecule has 3 aliphatic rings. The second kappa shape index (κ2) is 16.8. The Morgan fingerprint density at radius 3 is 2.36 bits per heavy atom. The van der Waals surface area contributed by atoms with Crippen LogP contribution in [0.25, 0.3) is 0 Å². The number of hydrogen-bond acceptors (Lipinski definition) is 10. The van der Waals surface area contributed by atoms with Gasteiger partial charge in [0, 0.05) is 28.7 Å². The summed E-state index contributed by atoms with van der Waals surface area (Å²) < 4.78 is 0. The molecule has 0 aromatic heterocycles. The van der Waals surface area contributed by atoms with E-state index in [1.165, 1.54) is 40.8 Å². The van der Waals surface area contributed by atoms with Crippen LogP contribution in [0.5, 0.6) is 0 Å². The molecule has 1 saturated carbocycles. The Bertz CT molecular complexity index is 1190. The summed E-state index contributed by atoms with van der Waals surface area (Å²) in [4.78, 5) is 62.8. The number of β-lactam (4-membered cyclic amide) rings is 1. The zero-order chi connectivity index (χ0) is 33.2. The molecule has 1 saturated heterocycles. The van der Waals surface area contributed by atoms with Crippen molar-refractivity contribution in [2.75, 3.05) is 23.8 Å². The smallest absolute Gasteiger partial charge is 0.353 e. The summed E-state index contributed by atoms with van der Waals surface area (Å²) >= 11 is 2.84. The number of aliphatic hydroxyl groups excluding tert-OH is 1. The topological polar surface area (TPSA) is 246 Å². The minimum Gasteiger partial charge on any atom is -0.480 e. The molecule has 9 N–H and O–H groups in total. The number of amides is 2. The van der Waals surface area contributed by atoms with Crippen LogP contribution in [0, 0.1) is 17.3 Å². The summed E-state index contributed by atoms with van der Waals surface area (Å²) in [6.45, 7) is 6.02. The van der Waals surface area contributed by atoms with E-state index in [0.29, 0.717) is 35.8 Å². The summed E-state index contributed by atoms with van der Waals surface area (Å²) in [7, 11) is 0. The van der Waals surface area contributed by atoms with Crippen LogP contribution in [0.15, 0.2) is 27.4 Å². The third kappa shape index (κ3) is 10.2. The van der Waals surface area contributed by atoms with Crippen LogP contribution in [0.2, 0.25) is 0 Å². The van der Waals surface area contributed by atoms with Gasteiger partial charge in [0.1, 0.15) is 17.4 Å². The highest BCUT2D eigenvalue weighted by Crippen LogP contribution is 2.51. The van der Waals surface area contributed by atoms with Crippen molar-refractivity contribution < 1.29 is 44.4 Å². The number of unbranched alkanes of at least 4 members (excludes halogenated alkanes) is 2. The van der Waals surface area contributed by atoms with Crippen molar-refractivity contribution in [3.8, 4) is 0 Å². The van der Waals surface area contributed by atoms with E-state index in [4.69, 9.17) is 21.7 Å². The van der Waals surface area contributed by atoms with Gasteiger partial charge in [0.25, 0.3) is 0 Å². The number of carboxylic acids is 3. The van der Waals surface area contributed by atoms with Crippen molar-refractivity contribution >= 4 is 59.6 Å². The van der Waals surface area contributed by atoms with Gasteiger partial charge in [-0.1, -0.05) is 19.9 Å². The van der Waals surface area contributed by atoms with Gasteiger partial charge in [0.2, 0.25) is 11.8 Å². The van der Waals surface area contributed by atoms with Crippen molar-refractivity contribution in [1.82, 2.24) is 10.2 Å². The molecular weight excluding hydrogens is 614 g/mol. The van der Waals surface area contributed by atoms with E-state index in [9.17, 15) is 34.2 Å². The highest BCUT2D eigenvalue weighted by Gasteiger charge is 2.56. The molecular formula is C28H43N5O9S2. The lowest BCUT2D eigenvalue weighted by molar-refractivity contribution is -0.161. The van der Waals surface area contributed by atoms with E-state index < -0.39 is 36.0 Å². The van der Waals surface area contributed by atoms with E-state index in [1.54, 1.807) is 6.92 Å². The van der Waals surface area contributed by atoms with Gasteiger partial charge in [-0.3, -0.25) is 19.4 Å². The monoisotopic (exact) mass is 657 g/mol. The lowest BCUT2D eigenvalue weighted by Gasteiger charge is -2.44. The lowest BCUT2D eigenvalue weighted by Crippen LogP contribution is -2.61. The molecule has 246 valence electrons. The molecule has 2 aliphatic heterocycles. The van der Waals surface area contributed by atoms with Crippen LogP contribution in [0.4, 0.5) is 0 Å². The fraction of sp³-hybridized carbons (Fsp3) is 0.643. The predicted molar refractivity (Wildman–Crippen MR) is 168 cm³/mol. The van der Waals surface area contributed by atoms with Crippen LogP contribution in [0.1, 0.15) is 52.9 Å². The third-order valence-corrected chi connectivity index (χ3v) is 9.78. The number of aliphatic hydroxyl groups is 1. The molecule has 0 spiro atoms. The maximum atomic E-state index is 12.0. The molecule has 0 bridgehead atoms. The molecule has 44 heavy (non-hydrogen) atoms. The quantitative estimate of drug-likeness (QED) is 0.0380. The first kappa shape index (κ1) is 37.1. The zero-order valence-corrected chi connectivity index (χ0v) is 26.7. The Morgan fingerprint density at radius 2 is 1.84 bits per heavy atom. The Hall–Kier alpha value is -3.08. The number of carbonyl (C=O) groups excluding carboxylic acids is 2. The average molecular weight is 658 g/mol. The number of rotatable bonds is 17. The van der Waals surface area contributed by atoms with Crippen LogP contribution >= 0.6 is 23.5 Å². The Balaban J connectivity index is 0.000000311. The van der Waals surface area contributed by atoms with E-state index in [1.807, 2.05) is 13.8 Å². The zero-order valence-electron chi connectivity index (χ0n) is 25.1. The van der Waals surface area contributed by atoms with E-state index in [0.717, 1.165) is 25.0 Å². The number of fused-ring (bicyclic) bond motifs is 1. The summed E-state index contributed by atoms with van der Waals surface area (Å²) in [5, 5.41) is 39.2. The van der Waals surface area contributed by atoms with Crippen LogP contribution in [0.3, 0.4) is 0 Å². The number of thioether (sulfide) groups is 2. The number of aliphatic carboxylic acids is 3. The molecule has 0 aromatic carbocycles. The maximum absolute atomic E-state index is 12.0. The van der Waals surface area contributed by atoms with Crippen LogP contribution in [-0.4, -0.2) is 103 Å². The Labute approximate surface area is 264 Å². The number of aliphatic imine (C=N–C) groups is 1. The largest absolute Gasteiger partial charge is 0.480 e. The minimum absolute atomic E-state index is 0.0400. The fourth-order valence-electron chi connectivity index (χ4n) is 4.86. The van der Waals surface area contributed by atoms with Gasteiger partial charge in [-0.15, -0.1) is 11.8 Å². The molecule has 5 unspecified atom stereocenters. The summed E-state index contributed by atoms with van der Waals surface area (Å²) in [5.74, 6) is -2.67. The van der Waals surface area contributed by atoms with E-state index >= 15 is 0 Å². The lowest BCUT2D eigenvalue weighted by atomic mass is 9.83. The normalized spacial score (nSPS) is 23.3. The van der Waals surface area contributed by atoms with Crippen molar-refractivity contribution in [2.45, 2.75) is 71.1 Å². The number of carbonyl (C=O) groups is 5. The molecule has 2 amide bonds. The Morgan fingerprint density at radius 1 is 1.18 bits per heavy atom.